The van der Waals surface area contributed by atoms with E-state index in [4.69, 9.17) is 0 Å². The van der Waals surface area contributed by atoms with E-state index >= 15 is 0 Å². The molecule has 0 saturated carbocycles. The van der Waals surface area contributed by atoms with E-state index in [0.29, 0.717) is 12.2 Å². The number of halogens is 1. The molecular weight excluding hydrogens is 356 g/mol. The highest BCUT2D eigenvalue weighted by Crippen LogP contribution is 2.26. The van der Waals surface area contributed by atoms with Crippen molar-refractivity contribution < 1.29 is 9.90 Å². The summed E-state index contributed by atoms with van der Waals surface area (Å²) in [4.78, 5) is 12.1. The lowest BCUT2D eigenvalue weighted by Gasteiger charge is -2.10. The summed E-state index contributed by atoms with van der Waals surface area (Å²) in [6.45, 7) is 0.440. The molecule has 0 bridgehead atoms. The van der Waals surface area contributed by atoms with Crippen LogP contribution in [0.15, 0.2) is 65.1 Å². The molecule has 3 rings (SSSR count). The summed E-state index contributed by atoms with van der Waals surface area (Å²) < 4.78 is 1.00. The summed E-state index contributed by atoms with van der Waals surface area (Å²) in [5, 5.41) is 17.0. The van der Waals surface area contributed by atoms with Gasteiger partial charge in [0.25, 0.3) is 0 Å². The molecule has 0 aromatic heterocycles. The summed E-state index contributed by atoms with van der Waals surface area (Å²) in [5.41, 5.74) is 1.67. The zero-order chi connectivity index (χ0) is 16.2. The number of hydrogen-bond donors (Lipinski definition) is 3. The second-order valence-electron chi connectivity index (χ2n) is 5.15. The first kappa shape index (κ1) is 15.4. The Morgan fingerprint density at radius 1 is 1.04 bits per heavy atom. The molecule has 4 nitrogen and oxygen atoms in total. The van der Waals surface area contributed by atoms with Gasteiger partial charge in [-0.05, 0) is 41.3 Å². The van der Waals surface area contributed by atoms with Crippen molar-refractivity contribution in [2.75, 3.05) is 5.32 Å². The number of fused-ring (bicyclic) bond motifs is 1. The number of aromatic hydroxyl groups is 1. The van der Waals surface area contributed by atoms with Crippen LogP contribution in [-0.4, -0.2) is 11.1 Å². The van der Waals surface area contributed by atoms with Crippen molar-refractivity contribution >= 4 is 38.4 Å². The monoisotopic (exact) mass is 370 g/mol. The number of phenolic OH excluding ortho intramolecular Hbond substituents is 1. The number of amides is 2. The number of benzene rings is 3. The van der Waals surface area contributed by atoms with E-state index in [0.717, 1.165) is 20.8 Å². The zero-order valence-corrected chi connectivity index (χ0v) is 13.8. The summed E-state index contributed by atoms with van der Waals surface area (Å²) in [6.07, 6.45) is 0. The standard InChI is InChI=1S/C18H15BrN2O2/c19-14-7-4-12(5-8-14)11-20-18(23)21-17-3-1-2-13-6-9-15(22)10-16(13)17/h1-10,22H,11H2,(H2,20,21,23). The maximum atomic E-state index is 12.1. The van der Waals surface area contributed by atoms with Gasteiger partial charge in [0.05, 0.1) is 5.69 Å². The molecule has 0 aliphatic carbocycles. The highest BCUT2D eigenvalue weighted by Gasteiger charge is 2.06. The Bertz CT molecular complexity index is 847. The first-order chi connectivity index (χ1) is 11.1. The molecule has 116 valence electrons. The quantitative estimate of drug-likeness (QED) is 0.629. The predicted octanol–water partition coefficient (Wildman–Crippen LogP) is 4.63. The van der Waals surface area contributed by atoms with Crippen LogP contribution in [0.3, 0.4) is 0 Å². The van der Waals surface area contributed by atoms with Crippen LogP contribution in [0.1, 0.15) is 5.56 Å². The van der Waals surface area contributed by atoms with E-state index < -0.39 is 0 Å². The Balaban J connectivity index is 1.70. The summed E-state index contributed by atoms with van der Waals surface area (Å²) in [6, 6.07) is 18.1. The average Bonchev–Trinajstić information content (AvgIpc) is 2.55. The van der Waals surface area contributed by atoms with Gasteiger partial charge < -0.3 is 15.7 Å². The Hall–Kier alpha value is -2.53. The third-order valence-corrected chi connectivity index (χ3v) is 4.01. The minimum atomic E-state index is -0.288. The summed E-state index contributed by atoms with van der Waals surface area (Å²) >= 11 is 3.38. The Morgan fingerprint density at radius 2 is 1.83 bits per heavy atom. The van der Waals surface area contributed by atoms with E-state index in [-0.39, 0.29) is 11.8 Å². The van der Waals surface area contributed by atoms with Crippen LogP contribution in [-0.2, 0) is 6.54 Å². The van der Waals surface area contributed by atoms with Crippen molar-refractivity contribution in [3.8, 4) is 5.75 Å². The van der Waals surface area contributed by atoms with Crippen LogP contribution in [0.4, 0.5) is 10.5 Å². The minimum Gasteiger partial charge on any atom is -0.508 e. The van der Waals surface area contributed by atoms with Crippen molar-refractivity contribution in [3.63, 3.8) is 0 Å². The second-order valence-corrected chi connectivity index (χ2v) is 6.06. The molecular formula is C18H15BrN2O2. The number of carbonyl (C=O) groups is 1. The first-order valence-electron chi connectivity index (χ1n) is 7.13. The maximum Gasteiger partial charge on any atom is 0.319 e. The van der Waals surface area contributed by atoms with Gasteiger partial charge in [-0.15, -0.1) is 0 Å². The maximum absolute atomic E-state index is 12.1. The Kier molecular flexibility index (Phi) is 4.48. The smallest absolute Gasteiger partial charge is 0.319 e. The molecule has 3 aromatic rings. The van der Waals surface area contributed by atoms with Gasteiger partial charge >= 0.3 is 6.03 Å². The molecule has 0 atom stereocenters. The molecule has 3 aromatic carbocycles. The van der Waals surface area contributed by atoms with Crippen LogP contribution < -0.4 is 10.6 Å². The highest BCUT2D eigenvalue weighted by molar-refractivity contribution is 9.10. The summed E-state index contributed by atoms with van der Waals surface area (Å²) in [5.74, 6) is 0.169. The number of nitrogens with one attached hydrogen (secondary N) is 2. The topological polar surface area (TPSA) is 61.4 Å². The number of carbonyl (C=O) groups excluding carboxylic acids is 1. The molecule has 0 heterocycles. The summed E-state index contributed by atoms with van der Waals surface area (Å²) in [7, 11) is 0. The fraction of sp³-hybridized carbons (Fsp3) is 0.0556. The lowest BCUT2D eigenvalue weighted by atomic mass is 10.1. The Labute approximate surface area is 142 Å². The molecule has 0 spiro atoms. The molecule has 0 aliphatic rings. The van der Waals surface area contributed by atoms with Crippen molar-refractivity contribution in [2.45, 2.75) is 6.54 Å². The van der Waals surface area contributed by atoms with Crippen LogP contribution in [0.5, 0.6) is 5.75 Å². The molecule has 0 aliphatic heterocycles. The van der Waals surface area contributed by atoms with E-state index in [2.05, 4.69) is 26.6 Å². The van der Waals surface area contributed by atoms with Crippen molar-refractivity contribution in [1.29, 1.82) is 0 Å². The average molecular weight is 371 g/mol. The van der Waals surface area contributed by atoms with Gasteiger partial charge in [-0.1, -0.05) is 46.3 Å². The largest absolute Gasteiger partial charge is 0.508 e. The number of hydrogen-bond acceptors (Lipinski definition) is 2. The van der Waals surface area contributed by atoms with Gasteiger partial charge in [-0.2, -0.15) is 0 Å². The first-order valence-corrected chi connectivity index (χ1v) is 7.92. The van der Waals surface area contributed by atoms with Crippen LogP contribution in [0.2, 0.25) is 0 Å². The SMILES string of the molecule is O=C(NCc1ccc(Br)cc1)Nc1cccc2ccc(O)cc12. The van der Waals surface area contributed by atoms with E-state index in [1.165, 1.54) is 0 Å². The van der Waals surface area contributed by atoms with Gasteiger partial charge in [0.15, 0.2) is 0 Å². The predicted molar refractivity (Wildman–Crippen MR) is 95.6 cm³/mol. The number of anilines is 1. The van der Waals surface area contributed by atoms with Crippen molar-refractivity contribution in [2.24, 2.45) is 0 Å². The van der Waals surface area contributed by atoms with Gasteiger partial charge in [0.2, 0.25) is 0 Å². The van der Waals surface area contributed by atoms with Crippen molar-refractivity contribution in [1.82, 2.24) is 5.32 Å². The molecule has 5 heteroatoms. The molecule has 0 radical (unpaired) electrons. The van der Waals surface area contributed by atoms with E-state index in [9.17, 15) is 9.90 Å². The molecule has 3 N–H and O–H groups in total. The minimum absolute atomic E-state index is 0.169. The van der Waals surface area contributed by atoms with Gasteiger partial charge in [0, 0.05) is 16.4 Å². The zero-order valence-electron chi connectivity index (χ0n) is 12.2. The normalized spacial score (nSPS) is 10.5. The van der Waals surface area contributed by atoms with E-state index in [1.807, 2.05) is 42.5 Å². The number of rotatable bonds is 3. The molecule has 0 unspecified atom stereocenters. The highest BCUT2D eigenvalue weighted by atomic mass is 79.9. The molecule has 0 fully saturated rings. The number of urea groups is 1. The fourth-order valence-electron chi connectivity index (χ4n) is 2.32. The number of phenols is 1. The van der Waals surface area contributed by atoms with Gasteiger partial charge in [-0.3, -0.25) is 0 Å². The molecule has 2 amide bonds. The van der Waals surface area contributed by atoms with Gasteiger partial charge in [-0.25, -0.2) is 4.79 Å². The molecule has 23 heavy (non-hydrogen) atoms. The van der Waals surface area contributed by atoms with Crippen LogP contribution in [0, 0.1) is 0 Å². The van der Waals surface area contributed by atoms with Crippen molar-refractivity contribution in [3.05, 3.63) is 70.7 Å². The fourth-order valence-corrected chi connectivity index (χ4v) is 2.59. The second kappa shape index (κ2) is 6.71. The van der Waals surface area contributed by atoms with Crippen LogP contribution >= 0.6 is 15.9 Å². The van der Waals surface area contributed by atoms with Crippen LogP contribution in [0.25, 0.3) is 10.8 Å². The third kappa shape index (κ3) is 3.81. The van der Waals surface area contributed by atoms with E-state index in [1.54, 1.807) is 18.2 Å². The molecule has 0 saturated heterocycles. The Morgan fingerprint density at radius 3 is 2.61 bits per heavy atom. The third-order valence-electron chi connectivity index (χ3n) is 3.48. The lowest BCUT2D eigenvalue weighted by Crippen LogP contribution is -2.28. The lowest BCUT2D eigenvalue weighted by molar-refractivity contribution is 0.252. The van der Waals surface area contributed by atoms with Gasteiger partial charge in [0.1, 0.15) is 5.75 Å².